The van der Waals surface area contributed by atoms with E-state index in [4.69, 9.17) is 21.1 Å². The summed E-state index contributed by atoms with van der Waals surface area (Å²) in [6.07, 6.45) is 4.14. The van der Waals surface area contributed by atoms with Gasteiger partial charge in [0.05, 0.1) is 41.5 Å². The molecule has 3 saturated heterocycles. The molecule has 8 nitrogen and oxygen atoms in total. The summed E-state index contributed by atoms with van der Waals surface area (Å²) in [4.78, 5) is 45.5. The smallest absolute Gasteiger partial charge is 0.312 e. The normalized spacial score (nSPS) is 31.8. The molecule has 0 aliphatic carbocycles. The van der Waals surface area contributed by atoms with Crippen LogP contribution in [0.25, 0.3) is 0 Å². The highest BCUT2D eigenvalue weighted by molar-refractivity contribution is 6.34. The zero-order chi connectivity index (χ0) is 28.7. The summed E-state index contributed by atoms with van der Waals surface area (Å²) in [6, 6.07) is 5.25. The van der Waals surface area contributed by atoms with E-state index in [0.717, 1.165) is 0 Å². The van der Waals surface area contributed by atoms with Gasteiger partial charge in [-0.2, -0.15) is 0 Å². The van der Waals surface area contributed by atoms with Crippen LogP contribution in [0, 0.1) is 23.7 Å². The first-order valence-corrected chi connectivity index (χ1v) is 13.9. The van der Waals surface area contributed by atoms with Crippen LogP contribution in [0.5, 0.6) is 0 Å². The quantitative estimate of drug-likeness (QED) is 0.250. The second-order valence-corrected chi connectivity index (χ2v) is 11.8. The summed E-state index contributed by atoms with van der Waals surface area (Å²) in [6.45, 7) is 15.0. The highest BCUT2D eigenvalue weighted by Crippen LogP contribution is 2.66. The molecule has 3 fully saturated rings. The molecule has 0 aromatic heterocycles. The van der Waals surface area contributed by atoms with E-state index in [1.54, 1.807) is 36.4 Å². The van der Waals surface area contributed by atoms with Crippen LogP contribution in [-0.4, -0.2) is 70.8 Å². The number of halogens is 1. The van der Waals surface area contributed by atoms with Crippen LogP contribution in [0.1, 0.15) is 40.5 Å². The van der Waals surface area contributed by atoms with Crippen molar-refractivity contribution in [1.29, 1.82) is 0 Å². The van der Waals surface area contributed by atoms with Crippen LogP contribution in [0.4, 0.5) is 5.69 Å². The van der Waals surface area contributed by atoms with Crippen molar-refractivity contribution >= 4 is 35.1 Å². The third-order valence-corrected chi connectivity index (χ3v) is 9.16. The zero-order valence-corrected chi connectivity index (χ0v) is 23.9. The molecule has 0 saturated carbocycles. The van der Waals surface area contributed by atoms with Crippen molar-refractivity contribution in [2.24, 2.45) is 23.7 Å². The lowest BCUT2D eigenvalue weighted by molar-refractivity contribution is -0.162. The van der Waals surface area contributed by atoms with Crippen LogP contribution in [-0.2, 0) is 23.9 Å². The molecule has 7 atom stereocenters. The van der Waals surface area contributed by atoms with Gasteiger partial charge < -0.3 is 24.4 Å². The molecule has 0 radical (unpaired) electrons. The van der Waals surface area contributed by atoms with Gasteiger partial charge in [0.1, 0.15) is 17.6 Å². The highest BCUT2D eigenvalue weighted by atomic mass is 35.5. The van der Waals surface area contributed by atoms with Crippen molar-refractivity contribution in [1.82, 2.24) is 4.90 Å². The molecule has 2 bridgehead atoms. The molecule has 1 aromatic rings. The minimum absolute atomic E-state index is 0.131. The van der Waals surface area contributed by atoms with Crippen molar-refractivity contribution < 1.29 is 29.0 Å². The molecule has 2 amide bonds. The van der Waals surface area contributed by atoms with Crippen molar-refractivity contribution in [2.45, 2.75) is 63.8 Å². The van der Waals surface area contributed by atoms with Crippen LogP contribution in [0.2, 0.25) is 5.02 Å². The maximum atomic E-state index is 14.6. The average Bonchev–Trinajstić information content (AvgIpc) is 3.40. The van der Waals surface area contributed by atoms with E-state index in [9.17, 15) is 19.5 Å². The number of anilines is 1. The predicted molar refractivity (Wildman–Crippen MR) is 149 cm³/mol. The Labute approximate surface area is 235 Å². The number of amides is 2. The molecule has 3 unspecified atom stereocenters. The average molecular weight is 559 g/mol. The molecular weight excluding hydrogens is 520 g/mol. The van der Waals surface area contributed by atoms with Gasteiger partial charge in [0.15, 0.2) is 0 Å². The van der Waals surface area contributed by atoms with Crippen molar-refractivity contribution in [3.05, 3.63) is 54.6 Å². The van der Waals surface area contributed by atoms with E-state index < -0.39 is 47.0 Å². The van der Waals surface area contributed by atoms with E-state index >= 15 is 0 Å². The van der Waals surface area contributed by atoms with Crippen LogP contribution in [0.15, 0.2) is 49.6 Å². The number of nitrogens with zero attached hydrogens (tertiary/aromatic N) is 2. The fraction of sp³-hybridized carbons (Fsp3) is 0.567. The second kappa shape index (κ2) is 11.1. The summed E-state index contributed by atoms with van der Waals surface area (Å²) in [7, 11) is 0. The Balaban J connectivity index is 1.87. The standard InChI is InChI=1S/C30H39ClN2O6/c1-7-9-15-38-28(37)24-23-26(35)33(22(17-34)18(3)4)25(30(23)16-19(5)29(24,6)39-30)27(36)32(14-8-2)21-13-11-10-12-20(21)31/h7-8,10-13,18-19,22-25,34H,1-2,9,14-17H2,3-6H3/t19?,22-,23-,24+,25?,29-,30?/m0/s1. The Morgan fingerprint density at radius 3 is 2.59 bits per heavy atom. The van der Waals surface area contributed by atoms with Gasteiger partial charge in [-0.15, -0.1) is 13.2 Å². The topological polar surface area (TPSA) is 96.4 Å². The van der Waals surface area contributed by atoms with Gasteiger partial charge in [0, 0.05) is 6.54 Å². The Kier molecular flexibility index (Phi) is 8.31. The van der Waals surface area contributed by atoms with Gasteiger partial charge in [-0.05, 0) is 43.7 Å². The Hall–Kier alpha value is -2.68. The number of ether oxygens (including phenoxy) is 2. The summed E-state index contributed by atoms with van der Waals surface area (Å²) >= 11 is 6.52. The Bertz CT molecular complexity index is 1160. The molecule has 4 rings (SSSR count). The number of aliphatic hydroxyl groups is 1. The number of rotatable bonds is 11. The maximum absolute atomic E-state index is 14.6. The van der Waals surface area contributed by atoms with Crippen LogP contribution >= 0.6 is 11.6 Å². The van der Waals surface area contributed by atoms with Gasteiger partial charge in [-0.1, -0.05) is 56.7 Å². The Morgan fingerprint density at radius 1 is 1.31 bits per heavy atom. The third kappa shape index (κ3) is 4.50. The lowest BCUT2D eigenvalue weighted by Gasteiger charge is -2.40. The zero-order valence-electron chi connectivity index (χ0n) is 23.1. The number of hydrogen-bond acceptors (Lipinski definition) is 6. The number of benzene rings is 1. The second-order valence-electron chi connectivity index (χ2n) is 11.4. The molecule has 3 aliphatic rings. The van der Waals surface area contributed by atoms with Gasteiger partial charge in [0.2, 0.25) is 5.91 Å². The summed E-state index contributed by atoms with van der Waals surface area (Å²) < 4.78 is 12.3. The number of hydrogen-bond donors (Lipinski definition) is 1. The Morgan fingerprint density at radius 2 is 2.00 bits per heavy atom. The van der Waals surface area contributed by atoms with E-state index in [0.29, 0.717) is 23.6 Å². The van der Waals surface area contributed by atoms with Crippen molar-refractivity contribution in [3.8, 4) is 0 Å². The molecule has 1 aromatic carbocycles. The maximum Gasteiger partial charge on any atom is 0.312 e. The number of carbonyl (C=O) groups is 3. The van der Waals surface area contributed by atoms with Gasteiger partial charge in [0.25, 0.3) is 5.91 Å². The van der Waals surface area contributed by atoms with E-state index in [1.165, 1.54) is 9.80 Å². The van der Waals surface area contributed by atoms with E-state index in [1.807, 2.05) is 27.7 Å². The molecule has 9 heteroatoms. The number of esters is 1. The summed E-state index contributed by atoms with van der Waals surface area (Å²) in [5.74, 6) is -3.39. The predicted octanol–water partition coefficient (Wildman–Crippen LogP) is 4.01. The first kappa shape index (κ1) is 29.3. The number of para-hydroxylation sites is 1. The SMILES string of the molecule is C=CCCOC(=O)[C@H]1[C@H]2C(=O)N([C@@H](CO)C(C)C)C(C(=O)N(CC=C)c3ccccc3Cl)C23CC(C)[C@]1(C)O3. The van der Waals surface area contributed by atoms with E-state index in [-0.39, 0.29) is 37.5 Å². The number of fused-ring (bicyclic) bond motifs is 1. The number of likely N-dealkylation sites (tertiary alicyclic amines) is 1. The first-order chi connectivity index (χ1) is 18.5. The summed E-state index contributed by atoms with van der Waals surface area (Å²) in [5.41, 5.74) is -1.78. The van der Waals surface area contributed by atoms with Crippen molar-refractivity contribution in [2.75, 3.05) is 24.7 Å². The monoisotopic (exact) mass is 558 g/mol. The summed E-state index contributed by atoms with van der Waals surface area (Å²) in [5, 5.41) is 10.8. The molecule has 1 N–H and O–H groups in total. The number of aliphatic hydroxyl groups excluding tert-OH is 1. The highest BCUT2D eigenvalue weighted by Gasteiger charge is 2.81. The largest absolute Gasteiger partial charge is 0.465 e. The van der Waals surface area contributed by atoms with Gasteiger partial charge >= 0.3 is 5.97 Å². The molecule has 39 heavy (non-hydrogen) atoms. The first-order valence-electron chi connectivity index (χ1n) is 13.6. The van der Waals surface area contributed by atoms with Crippen molar-refractivity contribution in [3.63, 3.8) is 0 Å². The van der Waals surface area contributed by atoms with Crippen LogP contribution < -0.4 is 4.90 Å². The lowest BCUT2D eigenvalue weighted by Crippen LogP contribution is -2.60. The number of carbonyl (C=O) groups excluding carboxylic acids is 3. The molecule has 212 valence electrons. The fourth-order valence-corrected chi connectivity index (χ4v) is 7.12. The molecule has 1 spiro atoms. The molecular formula is C30H39ClN2O6. The molecule has 3 aliphatic heterocycles. The minimum atomic E-state index is -1.27. The third-order valence-electron chi connectivity index (χ3n) is 8.84. The fourth-order valence-electron chi connectivity index (χ4n) is 6.88. The lowest BCUT2D eigenvalue weighted by atomic mass is 9.62. The van der Waals surface area contributed by atoms with Crippen LogP contribution in [0.3, 0.4) is 0 Å². The van der Waals surface area contributed by atoms with Gasteiger partial charge in [-0.3, -0.25) is 14.4 Å². The minimum Gasteiger partial charge on any atom is -0.465 e. The molecule has 3 heterocycles. The van der Waals surface area contributed by atoms with Gasteiger partial charge in [-0.25, -0.2) is 0 Å². The van der Waals surface area contributed by atoms with E-state index in [2.05, 4.69) is 13.2 Å².